The van der Waals surface area contributed by atoms with Crippen LogP contribution in [0.2, 0.25) is 0 Å². The Labute approximate surface area is 112 Å². The lowest BCUT2D eigenvalue weighted by molar-refractivity contribution is 0.129. The number of unbranched alkanes of at least 4 members (excludes halogenated alkanes) is 1. The number of piperidine rings is 1. The maximum absolute atomic E-state index is 9.10. The molecule has 0 aliphatic carbocycles. The molecule has 1 rings (SSSR count). The molecule has 1 heterocycles. The summed E-state index contributed by atoms with van der Waals surface area (Å²) in [6.45, 7) is 5.62. The van der Waals surface area contributed by atoms with Crippen molar-refractivity contribution >= 4 is 0 Å². The Morgan fingerprint density at radius 3 is 2.72 bits per heavy atom. The van der Waals surface area contributed by atoms with Gasteiger partial charge in [0.1, 0.15) is 0 Å². The lowest BCUT2D eigenvalue weighted by Crippen LogP contribution is -2.45. The summed E-state index contributed by atoms with van der Waals surface area (Å²) in [7, 11) is 4.35. The van der Waals surface area contributed by atoms with Gasteiger partial charge in [0.15, 0.2) is 0 Å². The molecule has 0 aromatic heterocycles. The molecule has 0 aromatic rings. The average molecular weight is 257 g/mol. The summed E-state index contributed by atoms with van der Waals surface area (Å²) in [4.78, 5) is 4.91. The Balaban J connectivity index is 2.15. The summed E-state index contributed by atoms with van der Waals surface area (Å²) in [6, 6.07) is 0.718. The fraction of sp³-hybridized carbons (Fsp3) is 1.00. The normalized spacial score (nSPS) is 25.3. The molecule has 0 bridgehead atoms. The van der Waals surface area contributed by atoms with E-state index in [1.807, 2.05) is 6.92 Å². The summed E-state index contributed by atoms with van der Waals surface area (Å²) < 4.78 is 0. The van der Waals surface area contributed by atoms with Crippen molar-refractivity contribution in [2.24, 2.45) is 5.73 Å². The molecule has 2 unspecified atom stereocenters. The lowest BCUT2D eigenvalue weighted by atomic mass is 9.97. The summed E-state index contributed by atoms with van der Waals surface area (Å²) in [5, 5.41) is 9.10. The van der Waals surface area contributed by atoms with Crippen LogP contribution in [0.5, 0.6) is 0 Å². The van der Waals surface area contributed by atoms with Gasteiger partial charge in [0.25, 0.3) is 0 Å². The highest BCUT2D eigenvalue weighted by Gasteiger charge is 2.21. The van der Waals surface area contributed by atoms with E-state index in [-0.39, 0.29) is 6.61 Å². The van der Waals surface area contributed by atoms with Crippen LogP contribution in [0.3, 0.4) is 0 Å². The summed E-state index contributed by atoms with van der Waals surface area (Å²) in [5.41, 5.74) is 5.53. The van der Waals surface area contributed by atoms with E-state index < -0.39 is 5.54 Å². The van der Waals surface area contributed by atoms with Crippen molar-refractivity contribution in [2.45, 2.75) is 50.6 Å². The number of hydrogen-bond donors (Lipinski definition) is 2. The van der Waals surface area contributed by atoms with Crippen molar-refractivity contribution in [1.82, 2.24) is 9.80 Å². The number of rotatable bonds is 7. The van der Waals surface area contributed by atoms with E-state index in [0.29, 0.717) is 0 Å². The average Bonchev–Trinajstić information content (AvgIpc) is 2.35. The van der Waals surface area contributed by atoms with Gasteiger partial charge in [-0.2, -0.15) is 0 Å². The minimum absolute atomic E-state index is 0.0828. The minimum Gasteiger partial charge on any atom is -0.394 e. The van der Waals surface area contributed by atoms with Gasteiger partial charge in [0.2, 0.25) is 0 Å². The zero-order valence-electron chi connectivity index (χ0n) is 12.4. The van der Waals surface area contributed by atoms with E-state index in [4.69, 9.17) is 10.8 Å². The first kappa shape index (κ1) is 15.9. The van der Waals surface area contributed by atoms with Crippen molar-refractivity contribution in [2.75, 3.05) is 40.3 Å². The minimum atomic E-state index is -0.395. The van der Waals surface area contributed by atoms with Crippen molar-refractivity contribution in [3.05, 3.63) is 0 Å². The third-order valence-corrected chi connectivity index (χ3v) is 4.04. The number of nitrogens with zero attached hydrogens (tertiary/aromatic N) is 2. The smallest absolute Gasteiger partial charge is 0.0608 e. The van der Waals surface area contributed by atoms with E-state index >= 15 is 0 Å². The van der Waals surface area contributed by atoms with Crippen LogP contribution in [-0.4, -0.2) is 66.8 Å². The SMILES string of the molecule is CN(C)C1CCCN(CCCCC(C)(N)CO)C1. The topological polar surface area (TPSA) is 52.7 Å². The van der Waals surface area contributed by atoms with E-state index in [1.54, 1.807) is 0 Å². The Morgan fingerprint density at radius 2 is 2.11 bits per heavy atom. The number of nitrogens with two attached hydrogens (primary N) is 1. The molecule has 1 aliphatic rings. The molecule has 0 aromatic carbocycles. The maximum Gasteiger partial charge on any atom is 0.0608 e. The zero-order chi connectivity index (χ0) is 13.6. The van der Waals surface area contributed by atoms with Crippen molar-refractivity contribution < 1.29 is 5.11 Å². The van der Waals surface area contributed by atoms with Gasteiger partial charge >= 0.3 is 0 Å². The molecule has 1 aliphatic heterocycles. The summed E-state index contributed by atoms with van der Waals surface area (Å²) in [6.07, 6.45) is 5.85. The molecule has 0 spiro atoms. The molecule has 1 fully saturated rings. The lowest BCUT2D eigenvalue weighted by Gasteiger charge is -2.36. The quantitative estimate of drug-likeness (QED) is 0.665. The van der Waals surface area contributed by atoms with E-state index in [2.05, 4.69) is 23.9 Å². The van der Waals surface area contributed by atoms with Gasteiger partial charge in [0, 0.05) is 18.1 Å². The molecular weight excluding hydrogens is 226 g/mol. The zero-order valence-corrected chi connectivity index (χ0v) is 12.4. The van der Waals surface area contributed by atoms with Crippen LogP contribution in [0.25, 0.3) is 0 Å². The monoisotopic (exact) mass is 257 g/mol. The second-order valence-electron chi connectivity index (χ2n) is 6.33. The van der Waals surface area contributed by atoms with Gasteiger partial charge in [-0.3, -0.25) is 0 Å². The molecule has 1 saturated heterocycles. The van der Waals surface area contributed by atoms with Crippen LogP contribution in [0.1, 0.15) is 39.0 Å². The third kappa shape index (κ3) is 5.65. The highest BCUT2D eigenvalue weighted by molar-refractivity contribution is 4.79. The Morgan fingerprint density at radius 1 is 1.39 bits per heavy atom. The molecular formula is C14H31N3O. The van der Waals surface area contributed by atoms with E-state index in [0.717, 1.165) is 18.9 Å². The van der Waals surface area contributed by atoms with Crippen molar-refractivity contribution in [3.63, 3.8) is 0 Å². The fourth-order valence-electron chi connectivity index (χ4n) is 2.60. The first-order valence-electron chi connectivity index (χ1n) is 7.23. The van der Waals surface area contributed by atoms with Gasteiger partial charge in [-0.1, -0.05) is 6.42 Å². The van der Waals surface area contributed by atoms with Crippen LogP contribution in [-0.2, 0) is 0 Å². The van der Waals surface area contributed by atoms with Crippen LogP contribution in [0.4, 0.5) is 0 Å². The third-order valence-electron chi connectivity index (χ3n) is 4.04. The van der Waals surface area contributed by atoms with Gasteiger partial charge < -0.3 is 20.6 Å². The van der Waals surface area contributed by atoms with Crippen LogP contribution in [0.15, 0.2) is 0 Å². The molecule has 4 heteroatoms. The predicted molar refractivity (Wildman–Crippen MR) is 76.7 cm³/mol. The number of likely N-dealkylation sites (tertiary alicyclic amines) is 1. The molecule has 18 heavy (non-hydrogen) atoms. The van der Waals surface area contributed by atoms with Gasteiger partial charge in [0.05, 0.1) is 6.61 Å². The molecule has 3 N–H and O–H groups in total. The van der Waals surface area contributed by atoms with Gasteiger partial charge in [-0.05, 0) is 59.8 Å². The largest absolute Gasteiger partial charge is 0.394 e. The molecule has 0 amide bonds. The number of aliphatic hydroxyl groups excluding tert-OH is 1. The fourth-order valence-corrected chi connectivity index (χ4v) is 2.60. The Kier molecular flexibility index (Phi) is 6.57. The predicted octanol–water partition coefficient (Wildman–Crippen LogP) is 0.892. The number of likely N-dealkylation sites (N-methyl/N-ethyl adjacent to an activating group) is 1. The van der Waals surface area contributed by atoms with Crippen LogP contribution in [0, 0.1) is 0 Å². The van der Waals surface area contributed by atoms with E-state index in [9.17, 15) is 0 Å². The molecule has 4 nitrogen and oxygen atoms in total. The number of hydrogen-bond acceptors (Lipinski definition) is 4. The van der Waals surface area contributed by atoms with Crippen LogP contribution >= 0.6 is 0 Å². The maximum atomic E-state index is 9.10. The molecule has 2 atom stereocenters. The second kappa shape index (κ2) is 7.43. The highest BCUT2D eigenvalue weighted by Crippen LogP contribution is 2.15. The van der Waals surface area contributed by atoms with Crippen molar-refractivity contribution in [1.29, 1.82) is 0 Å². The number of aliphatic hydroxyl groups is 1. The molecule has 108 valence electrons. The standard InChI is InChI=1S/C14H31N3O/c1-14(15,12-18)8-4-5-9-17-10-6-7-13(11-17)16(2)3/h13,18H,4-12,15H2,1-3H3. The van der Waals surface area contributed by atoms with E-state index in [1.165, 1.54) is 38.9 Å². The summed E-state index contributed by atoms with van der Waals surface area (Å²) >= 11 is 0. The first-order chi connectivity index (χ1) is 8.44. The first-order valence-corrected chi connectivity index (χ1v) is 7.23. The van der Waals surface area contributed by atoms with Gasteiger partial charge in [-0.25, -0.2) is 0 Å². The molecule has 0 radical (unpaired) electrons. The Bertz CT molecular complexity index is 231. The highest BCUT2D eigenvalue weighted by atomic mass is 16.3. The Hall–Kier alpha value is -0.160. The second-order valence-corrected chi connectivity index (χ2v) is 6.33. The van der Waals surface area contributed by atoms with Crippen molar-refractivity contribution in [3.8, 4) is 0 Å². The van der Waals surface area contributed by atoms with Crippen LogP contribution < -0.4 is 5.73 Å². The molecule has 0 saturated carbocycles. The van der Waals surface area contributed by atoms with Gasteiger partial charge in [-0.15, -0.1) is 0 Å². The summed E-state index contributed by atoms with van der Waals surface area (Å²) in [5.74, 6) is 0.